The van der Waals surface area contributed by atoms with Crippen LogP contribution in [0.5, 0.6) is 0 Å². The van der Waals surface area contributed by atoms with E-state index in [1.165, 1.54) is 12.1 Å². The number of rotatable bonds is 3. The normalized spacial score (nSPS) is 10.4. The molecule has 0 atom stereocenters. The van der Waals surface area contributed by atoms with Crippen molar-refractivity contribution in [3.63, 3.8) is 0 Å². The first kappa shape index (κ1) is 12.0. The van der Waals surface area contributed by atoms with Gasteiger partial charge in [0.1, 0.15) is 0 Å². The van der Waals surface area contributed by atoms with Crippen LogP contribution >= 0.6 is 0 Å². The van der Waals surface area contributed by atoms with Crippen LogP contribution in [0.4, 0.5) is 5.69 Å². The van der Waals surface area contributed by atoms with Crippen molar-refractivity contribution < 1.29 is 4.92 Å². The van der Waals surface area contributed by atoms with Gasteiger partial charge in [0.2, 0.25) is 5.82 Å². The van der Waals surface area contributed by atoms with E-state index >= 15 is 0 Å². The molecule has 7 nitrogen and oxygen atoms in total. The fraction of sp³-hybridized carbons (Fsp3) is 0. The highest BCUT2D eigenvalue weighted by atomic mass is 16.6. The Hall–Kier alpha value is -3.09. The van der Waals surface area contributed by atoms with Crippen LogP contribution in [0.15, 0.2) is 48.5 Å². The standard InChI is InChI=1S/C13H9N5O2/c19-18(20)10-6-7-11(9-4-2-1-3-5-9)12(8-10)13-14-16-17-15-13/h1-8H,(H,14,15,16,17). The minimum Gasteiger partial charge on any atom is -0.258 e. The summed E-state index contributed by atoms with van der Waals surface area (Å²) in [6, 6.07) is 14.2. The molecule has 1 heterocycles. The molecule has 0 aliphatic carbocycles. The molecule has 0 aliphatic heterocycles. The largest absolute Gasteiger partial charge is 0.270 e. The first-order valence-electron chi connectivity index (χ1n) is 5.83. The number of nitrogens with one attached hydrogen (secondary N) is 1. The summed E-state index contributed by atoms with van der Waals surface area (Å²) in [6.07, 6.45) is 0. The highest BCUT2D eigenvalue weighted by Crippen LogP contribution is 2.32. The lowest BCUT2D eigenvalue weighted by molar-refractivity contribution is -0.384. The maximum atomic E-state index is 10.9. The zero-order chi connectivity index (χ0) is 13.9. The zero-order valence-electron chi connectivity index (χ0n) is 10.2. The van der Waals surface area contributed by atoms with Crippen molar-refractivity contribution in [2.24, 2.45) is 0 Å². The van der Waals surface area contributed by atoms with E-state index in [2.05, 4.69) is 20.6 Å². The smallest absolute Gasteiger partial charge is 0.258 e. The highest BCUT2D eigenvalue weighted by molar-refractivity contribution is 5.81. The predicted molar refractivity (Wildman–Crippen MR) is 71.7 cm³/mol. The molecule has 0 bridgehead atoms. The van der Waals surface area contributed by atoms with Crippen molar-refractivity contribution in [1.29, 1.82) is 0 Å². The van der Waals surface area contributed by atoms with Crippen LogP contribution in [0.2, 0.25) is 0 Å². The molecule has 3 rings (SSSR count). The summed E-state index contributed by atoms with van der Waals surface area (Å²) in [5, 5.41) is 24.6. The summed E-state index contributed by atoms with van der Waals surface area (Å²) >= 11 is 0. The van der Waals surface area contributed by atoms with E-state index in [1.54, 1.807) is 6.07 Å². The Labute approximate surface area is 113 Å². The molecular formula is C13H9N5O2. The van der Waals surface area contributed by atoms with Crippen molar-refractivity contribution in [2.75, 3.05) is 0 Å². The molecule has 0 aliphatic rings. The van der Waals surface area contributed by atoms with Crippen molar-refractivity contribution in [1.82, 2.24) is 20.6 Å². The van der Waals surface area contributed by atoms with Crippen molar-refractivity contribution in [3.05, 3.63) is 58.6 Å². The lowest BCUT2D eigenvalue weighted by Gasteiger charge is -2.06. The second kappa shape index (κ2) is 4.88. The number of nitro groups is 1. The maximum Gasteiger partial charge on any atom is 0.270 e. The Morgan fingerprint density at radius 2 is 1.85 bits per heavy atom. The predicted octanol–water partition coefficient (Wildman–Crippen LogP) is 2.44. The van der Waals surface area contributed by atoms with Gasteiger partial charge in [0.05, 0.1) is 4.92 Å². The molecule has 0 unspecified atom stereocenters. The van der Waals surface area contributed by atoms with Crippen LogP contribution < -0.4 is 0 Å². The molecule has 1 N–H and O–H groups in total. The number of benzene rings is 2. The van der Waals surface area contributed by atoms with Crippen molar-refractivity contribution >= 4 is 5.69 Å². The van der Waals surface area contributed by atoms with Gasteiger partial charge in [-0.15, -0.1) is 10.2 Å². The highest BCUT2D eigenvalue weighted by Gasteiger charge is 2.16. The third-order valence-electron chi connectivity index (χ3n) is 2.89. The molecule has 0 saturated heterocycles. The number of hydrogen-bond donors (Lipinski definition) is 1. The Bertz CT molecular complexity index is 741. The molecule has 0 spiro atoms. The lowest BCUT2D eigenvalue weighted by atomic mass is 9.99. The summed E-state index contributed by atoms with van der Waals surface area (Å²) in [5.74, 6) is 0.326. The number of nitrogens with zero attached hydrogens (tertiary/aromatic N) is 4. The van der Waals surface area contributed by atoms with Gasteiger partial charge in [-0.3, -0.25) is 10.1 Å². The van der Waals surface area contributed by atoms with Gasteiger partial charge in [-0.2, -0.15) is 5.21 Å². The van der Waals surface area contributed by atoms with Crippen LogP contribution in [-0.4, -0.2) is 25.5 Å². The van der Waals surface area contributed by atoms with Gasteiger partial charge in [-0.05, 0) is 22.4 Å². The fourth-order valence-electron chi connectivity index (χ4n) is 1.98. The molecule has 98 valence electrons. The van der Waals surface area contributed by atoms with E-state index in [0.29, 0.717) is 11.4 Å². The molecule has 0 amide bonds. The molecule has 0 saturated carbocycles. The Kier molecular flexibility index (Phi) is 2.92. The molecule has 1 aromatic heterocycles. The van der Waals surface area contributed by atoms with Gasteiger partial charge in [0, 0.05) is 17.7 Å². The minimum atomic E-state index is -0.446. The summed E-state index contributed by atoms with van der Waals surface area (Å²) < 4.78 is 0. The SMILES string of the molecule is O=[N+]([O-])c1ccc(-c2ccccc2)c(-c2nn[nH]n2)c1. The topological polar surface area (TPSA) is 97.6 Å². The Morgan fingerprint density at radius 1 is 1.05 bits per heavy atom. The van der Waals surface area contributed by atoms with Crippen LogP contribution in [0, 0.1) is 10.1 Å². The number of H-pyrrole nitrogens is 1. The molecular weight excluding hydrogens is 258 g/mol. The third-order valence-corrected chi connectivity index (χ3v) is 2.89. The maximum absolute atomic E-state index is 10.9. The summed E-state index contributed by atoms with van der Waals surface area (Å²) in [5.41, 5.74) is 2.31. The molecule has 7 heteroatoms. The quantitative estimate of drug-likeness (QED) is 0.580. The average molecular weight is 267 g/mol. The first-order valence-corrected chi connectivity index (χ1v) is 5.83. The summed E-state index contributed by atoms with van der Waals surface area (Å²) in [6.45, 7) is 0. The van der Waals surface area contributed by atoms with E-state index < -0.39 is 4.92 Å². The van der Waals surface area contributed by atoms with E-state index in [0.717, 1.165) is 11.1 Å². The fourth-order valence-corrected chi connectivity index (χ4v) is 1.98. The number of tetrazole rings is 1. The van der Waals surface area contributed by atoms with Gasteiger partial charge in [0.15, 0.2) is 0 Å². The lowest BCUT2D eigenvalue weighted by Crippen LogP contribution is -1.92. The monoisotopic (exact) mass is 267 g/mol. The summed E-state index contributed by atoms with van der Waals surface area (Å²) in [4.78, 5) is 10.5. The van der Waals surface area contributed by atoms with Gasteiger partial charge < -0.3 is 0 Å². The van der Waals surface area contributed by atoms with Crippen LogP contribution in [0.3, 0.4) is 0 Å². The number of aromatic amines is 1. The van der Waals surface area contributed by atoms with Gasteiger partial charge in [0.25, 0.3) is 5.69 Å². The Morgan fingerprint density at radius 3 is 2.50 bits per heavy atom. The Balaban J connectivity index is 2.22. The van der Waals surface area contributed by atoms with Crippen LogP contribution in [-0.2, 0) is 0 Å². The zero-order valence-corrected chi connectivity index (χ0v) is 10.2. The number of aromatic nitrogens is 4. The molecule has 2 aromatic carbocycles. The van der Waals surface area contributed by atoms with Crippen molar-refractivity contribution in [3.8, 4) is 22.5 Å². The van der Waals surface area contributed by atoms with E-state index in [9.17, 15) is 10.1 Å². The summed E-state index contributed by atoms with van der Waals surface area (Å²) in [7, 11) is 0. The van der Waals surface area contributed by atoms with E-state index in [4.69, 9.17) is 0 Å². The second-order valence-electron chi connectivity index (χ2n) is 4.09. The van der Waals surface area contributed by atoms with Crippen LogP contribution in [0.1, 0.15) is 0 Å². The van der Waals surface area contributed by atoms with Gasteiger partial charge in [-0.25, -0.2) is 0 Å². The van der Waals surface area contributed by atoms with E-state index in [-0.39, 0.29) is 5.69 Å². The second-order valence-corrected chi connectivity index (χ2v) is 4.09. The van der Waals surface area contributed by atoms with Gasteiger partial charge >= 0.3 is 0 Å². The molecule has 20 heavy (non-hydrogen) atoms. The number of hydrogen-bond acceptors (Lipinski definition) is 5. The van der Waals surface area contributed by atoms with Gasteiger partial charge in [-0.1, -0.05) is 30.3 Å². The molecule has 3 aromatic rings. The first-order chi connectivity index (χ1) is 9.75. The molecule has 0 radical (unpaired) electrons. The number of nitro benzene ring substituents is 1. The molecule has 0 fully saturated rings. The van der Waals surface area contributed by atoms with E-state index in [1.807, 2.05) is 30.3 Å². The van der Waals surface area contributed by atoms with Crippen molar-refractivity contribution in [2.45, 2.75) is 0 Å². The number of non-ortho nitro benzene ring substituents is 1. The third kappa shape index (κ3) is 2.12. The van der Waals surface area contributed by atoms with Crippen LogP contribution in [0.25, 0.3) is 22.5 Å². The minimum absolute atomic E-state index is 0.00974. The average Bonchev–Trinajstić information content (AvgIpc) is 3.01.